The van der Waals surface area contributed by atoms with Crippen molar-refractivity contribution in [2.45, 2.75) is 25.3 Å². The normalized spacial score (nSPS) is 20.9. The van der Waals surface area contributed by atoms with Gasteiger partial charge in [0.1, 0.15) is 6.04 Å². The fraction of sp³-hybridized carbons (Fsp3) is 0.429. The quantitative estimate of drug-likeness (QED) is 0.889. The first-order chi connectivity index (χ1) is 9.65. The first kappa shape index (κ1) is 12.8. The predicted molar refractivity (Wildman–Crippen MR) is 73.3 cm³/mol. The highest BCUT2D eigenvalue weighted by molar-refractivity contribution is 6.13. The Labute approximate surface area is 116 Å². The molecule has 106 valence electrons. The maximum Gasteiger partial charge on any atom is 0.247 e. The van der Waals surface area contributed by atoms with Crippen molar-refractivity contribution in [1.29, 1.82) is 0 Å². The van der Waals surface area contributed by atoms with Gasteiger partial charge in [0.25, 0.3) is 0 Å². The molecule has 1 atom stereocenters. The van der Waals surface area contributed by atoms with Crippen molar-refractivity contribution in [2.24, 2.45) is 0 Å². The van der Waals surface area contributed by atoms with E-state index in [0.29, 0.717) is 35.7 Å². The average Bonchev–Trinajstić information content (AvgIpc) is 2.46. The zero-order chi connectivity index (χ0) is 14.3. The minimum absolute atomic E-state index is 0.0235. The van der Waals surface area contributed by atoms with Gasteiger partial charge in [-0.2, -0.15) is 0 Å². The summed E-state index contributed by atoms with van der Waals surface area (Å²) in [6.45, 7) is 0. The summed E-state index contributed by atoms with van der Waals surface area (Å²) in [7, 11) is 3.07. The zero-order valence-corrected chi connectivity index (χ0v) is 11.4. The fourth-order valence-corrected chi connectivity index (χ4v) is 2.80. The van der Waals surface area contributed by atoms with Gasteiger partial charge in [-0.05, 0) is 12.8 Å². The number of carbonyl (C=O) groups is 2. The number of hydrogen-bond donors (Lipinski definition) is 1. The van der Waals surface area contributed by atoms with E-state index >= 15 is 0 Å². The SMILES string of the molecule is COc1cc2c(cc1OC)N1C(=O)CCCC1C(=O)N2. The number of nitrogens with one attached hydrogen (secondary N) is 1. The molecule has 1 aromatic rings. The summed E-state index contributed by atoms with van der Waals surface area (Å²) in [5, 5.41) is 2.84. The van der Waals surface area contributed by atoms with Gasteiger partial charge in [0.2, 0.25) is 11.8 Å². The van der Waals surface area contributed by atoms with Gasteiger partial charge in [0.15, 0.2) is 11.5 Å². The Morgan fingerprint density at radius 3 is 2.60 bits per heavy atom. The van der Waals surface area contributed by atoms with E-state index in [-0.39, 0.29) is 11.8 Å². The Morgan fingerprint density at radius 1 is 1.20 bits per heavy atom. The zero-order valence-electron chi connectivity index (χ0n) is 11.4. The van der Waals surface area contributed by atoms with E-state index in [1.54, 1.807) is 24.1 Å². The number of hydrogen-bond acceptors (Lipinski definition) is 4. The van der Waals surface area contributed by atoms with Crippen LogP contribution in [0.25, 0.3) is 0 Å². The monoisotopic (exact) mass is 276 g/mol. The molecule has 2 amide bonds. The van der Waals surface area contributed by atoms with Gasteiger partial charge in [0, 0.05) is 18.6 Å². The molecule has 0 bridgehead atoms. The molecule has 0 aromatic heterocycles. The molecular weight excluding hydrogens is 260 g/mol. The molecule has 0 radical (unpaired) electrons. The second-order valence-electron chi connectivity index (χ2n) is 4.89. The van der Waals surface area contributed by atoms with Gasteiger partial charge in [-0.3, -0.25) is 14.5 Å². The Morgan fingerprint density at radius 2 is 1.90 bits per heavy atom. The molecule has 0 aliphatic carbocycles. The van der Waals surface area contributed by atoms with Gasteiger partial charge in [-0.25, -0.2) is 0 Å². The number of anilines is 2. The highest BCUT2D eigenvalue weighted by Gasteiger charge is 2.39. The first-order valence-corrected chi connectivity index (χ1v) is 6.54. The number of carbonyl (C=O) groups excluding carboxylic acids is 2. The Hall–Kier alpha value is -2.24. The number of methoxy groups -OCH3 is 2. The average molecular weight is 276 g/mol. The van der Waals surface area contributed by atoms with Crippen molar-refractivity contribution in [3.63, 3.8) is 0 Å². The molecule has 3 rings (SSSR count). The van der Waals surface area contributed by atoms with Crippen LogP contribution in [0.2, 0.25) is 0 Å². The van der Waals surface area contributed by atoms with E-state index in [9.17, 15) is 9.59 Å². The Bertz CT molecular complexity index is 585. The molecule has 1 unspecified atom stereocenters. The number of nitrogens with zero attached hydrogens (tertiary/aromatic N) is 1. The van der Waals surface area contributed by atoms with Crippen LogP contribution in [0.15, 0.2) is 12.1 Å². The first-order valence-electron chi connectivity index (χ1n) is 6.54. The van der Waals surface area contributed by atoms with E-state index in [0.717, 1.165) is 6.42 Å². The van der Waals surface area contributed by atoms with Gasteiger partial charge in [0.05, 0.1) is 25.6 Å². The van der Waals surface area contributed by atoms with Gasteiger partial charge in [-0.15, -0.1) is 0 Å². The van der Waals surface area contributed by atoms with Crippen LogP contribution < -0.4 is 19.7 Å². The molecule has 0 saturated carbocycles. The summed E-state index contributed by atoms with van der Waals surface area (Å²) in [6, 6.07) is 3.01. The lowest BCUT2D eigenvalue weighted by Crippen LogP contribution is -2.53. The third kappa shape index (κ3) is 1.79. The summed E-state index contributed by atoms with van der Waals surface area (Å²) < 4.78 is 10.5. The third-order valence-corrected chi connectivity index (χ3v) is 3.77. The van der Waals surface area contributed by atoms with Crippen LogP contribution in [0.4, 0.5) is 11.4 Å². The van der Waals surface area contributed by atoms with Crippen molar-refractivity contribution in [2.75, 3.05) is 24.4 Å². The lowest BCUT2D eigenvalue weighted by molar-refractivity contribution is -0.125. The predicted octanol–water partition coefficient (Wildman–Crippen LogP) is 1.54. The second kappa shape index (κ2) is 4.70. The molecule has 0 spiro atoms. The summed E-state index contributed by atoms with van der Waals surface area (Å²) in [5.74, 6) is 0.899. The van der Waals surface area contributed by atoms with Crippen molar-refractivity contribution in [3.8, 4) is 11.5 Å². The van der Waals surface area contributed by atoms with Crippen LogP contribution in [0.3, 0.4) is 0 Å². The van der Waals surface area contributed by atoms with E-state index < -0.39 is 6.04 Å². The maximum atomic E-state index is 12.2. The minimum atomic E-state index is -0.415. The Balaban J connectivity index is 2.14. The summed E-state index contributed by atoms with van der Waals surface area (Å²) in [4.78, 5) is 25.9. The minimum Gasteiger partial charge on any atom is -0.493 e. The van der Waals surface area contributed by atoms with Crippen molar-refractivity contribution < 1.29 is 19.1 Å². The van der Waals surface area contributed by atoms with Crippen LogP contribution in [0.5, 0.6) is 11.5 Å². The number of fused-ring (bicyclic) bond motifs is 3. The number of rotatable bonds is 2. The van der Waals surface area contributed by atoms with Gasteiger partial charge in [-0.1, -0.05) is 0 Å². The van der Waals surface area contributed by atoms with E-state index in [1.165, 1.54) is 7.11 Å². The molecule has 2 heterocycles. The molecule has 1 fully saturated rings. The lowest BCUT2D eigenvalue weighted by atomic mass is 9.96. The molecule has 6 heteroatoms. The van der Waals surface area contributed by atoms with E-state index in [1.807, 2.05) is 0 Å². The van der Waals surface area contributed by atoms with Gasteiger partial charge < -0.3 is 14.8 Å². The van der Waals surface area contributed by atoms with Crippen molar-refractivity contribution >= 4 is 23.2 Å². The van der Waals surface area contributed by atoms with Crippen LogP contribution >= 0.6 is 0 Å². The lowest BCUT2D eigenvalue weighted by Gasteiger charge is -2.39. The smallest absolute Gasteiger partial charge is 0.247 e. The Kier molecular flexibility index (Phi) is 3.00. The number of piperidine rings is 1. The molecule has 2 aliphatic rings. The molecule has 6 nitrogen and oxygen atoms in total. The number of benzene rings is 1. The van der Waals surface area contributed by atoms with Crippen molar-refractivity contribution in [3.05, 3.63) is 12.1 Å². The van der Waals surface area contributed by atoms with Crippen LogP contribution in [0, 0.1) is 0 Å². The molecule has 2 aliphatic heterocycles. The van der Waals surface area contributed by atoms with Crippen molar-refractivity contribution in [1.82, 2.24) is 0 Å². The van der Waals surface area contributed by atoms with Crippen LogP contribution in [-0.2, 0) is 9.59 Å². The largest absolute Gasteiger partial charge is 0.493 e. The number of ether oxygens (including phenoxy) is 2. The molecule has 1 saturated heterocycles. The second-order valence-corrected chi connectivity index (χ2v) is 4.89. The van der Waals surface area contributed by atoms with E-state index in [4.69, 9.17) is 9.47 Å². The van der Waals surface area contributed by atoms with Gasteiger partial charge >= 0.3 is 0 Å². The highest BCUT2D eigenvalue weighted by Crippen LogP contribution is 2.43. The standard InChI is InChI=1S/C14H16N2O4/c1-19-11-6-8-10(7-12(11)20-2)16-9(14(18)15-8)4-3-5-13(16)17/h6-7,9H,3-5H2,1-2H3,(H,15,18). The number of amides is 2. The molecular formula is C14H16N2O4. The summed E-state index contributed by atoms with van der Waals surface area (Å²) in [6.07, 6.45) is 1.90. The molecule has 1 N–H and O–H groups in total. The molecule has 20 heavy (non-hydrogen) atoms. The van der Waals surface area contributed by atoms with E-state index in [2.05, 4.69) is 5.32 Å². The summed E-state index contributed by atoms with van der Waals surface area (Å²) >= 11 is 0. The summed E-state index contributed by atoms with van der Waals surface area (Å²) in [5.41, 5.74) is 1.26. The molecule has 1 aromatic carbocycles. The topological polar surface area (TPSA) is 67.9 Å². The fourth-order valence-electron chi connectivity index (χ4n) is 2.80. The maximum absolute atomic E-state index is 12.2. The third-order valence-electron chi connectivity index (χ3n) is 3.77. The van der Waals surface area contributed by atoms with Crippen LogP contribution in [-0.4, -0.2) is 32.1 Å². The highest BCUT2D eigenvalue weighted by atomic mass is 16.5. The van der Waals surface area contributed by atoms with Crippen LogP contribution in [0.1, 0.15) is 19.3 Å².